The van der Waals surface area contributed by atoms with Gasteiger partial charge >= 0.3 is 0 Å². The fourth-order valence-electron chi connectivity index (χ4n) is 3.96. The third kappa shape index (κ3) is 2.56. The Morgan fingerprint density at radius 3 is 2.96 bits per heavy atom. The number of benzene rings is 2. The molecule has 2 heterocycles. The highest BCUT2D eigenvalue weighted by Gasteiger charge is 2.28. The maximum absolute atomic E-state index is 9.15. The summed E-state index contributed by atoms with van der Waals surface area (Å²) in [5, 5.41) is 21.2. The van der Waals surface area contributed by atoms with Crippen LogP contribution in [-0.2, 0) is 0 Å². The van der Waals surface area contributed by atoms with Gasteiger partial charge < -0.3 is 9.73 Å². The van der Waals surface area contributed by atoms with Crippen LogP contribution in [0.2, 0.25) is 0 Å². The molecular formula is C21H17N5O. The summed E-state index contributed by atoms with van der Waals surface area (Å²) in [5.74, 6) is 1.07. The van der Waals surface area contributed by atoms with Gasteiger partial charge in [0.2, 0.25) is 0 Å². The third-order valence-corrected chi connectivity index (χ3v) is 5.28. The molecule has 132 valence electrons. The first-order chi connectivity index (χ1) is 13.2. The van der Waals surface area contributed by atoms with Crippen molar-refractivity contribution in [2.24, 2.45) is 0 Å². The van der Waals surface area contributed by atoms with E-state index in [2.05, 4.69) is 51.7 Å². The molecule has 0 aliphatic heterocycles. The van der Waals surface area contributed by atoms with E-state index in [9.17, 15) is 0 Å². The van der Waals surface area contributed by atoms with Crippen LogP contribution in [0.3, 0.4) is 0 Å². The van der Waals surface area contributed by atoms with Gasteiger partial charge in [-0.15, -0.1) is 0 Å². The van der Waals surface area contributed by atoms with E-state index < -0.39 is 0 Å². The maximum Gasteiger partial charge on any atom is 0.181 e. The van der Waals surface area contributed by atoms with Crippen molar-refractivity contribution in [1.82, 2.24) is 15.2 Å². The van der Waals surface area contributed by atoms with Gasteiger partial charge in [-0.05, 0) is 53.8 Å². The van der Waals surface area contributed by atoms with Crippen LogP contribution < -0.4 is 5.32 Å². The van der Waals surface area contributed by atoms with Gasteiger partial charge in [0, 0.05) is 11.1 Å². The Morgan fingerprint density at radius 1 is 1.22 bits per heavy atom. The predicted molar refractivity (Wildman–Crippen MR) is 102 cm³/mol. The number of H-pyrrole nitrogens is 1. The smallest absolute Gasteiger partial charge is 0.181 e. The van der Waals surface area contributed by atoms with Gasteiger partial charge in [-0.3, -0.25) is 5.10 Å². The molecule has 0 bridgehead atoms. The molecule has 2 N–H and O–H groups in total. The number of oxazole rings is 1. The highest BCUT2D eigenvalue weighted by atomic mass is 16.3. The average molecular weight is 355 g/mol. The number of aromatic nitrogens is 3. The second-order valence-corrected chi connectivity index (χ2v) is 6.99. The number of rotatable bonds is 3. The quantitative estimate of drug-likeness (QED) is 0.553. The van der Waals surface area contributed by atoms with E-state index in [1.165, 1.54) is 17.5 Å². The molecule has 0 radical (unpaired) electrons. The number of hydrogen-bond donors (Lipinski definition) is 2. The molecule has 1 aliphatic carbocycles. The van der Waals surface area contributed by atoms with Crippen molar-refractivity contribution >= 4 is 16.6 Å². The van der Waals surface area contributed by atoms with Crippen LogP contribution in [0.5, 0.6) is 0 Å². The van der Waals surface area contributed by atoms with Gasteiger partial charge in [-0.2, -0.15) is 10.4 Å². The van der Waals surface area contributed by atoms with Crippen molar-refractivity contribution in [2.45, 2.75) is 25.3 Å². The van der Waals surface area contributed by atoms with E-state index in [-0.39, 0.29) is 6.04 Å². The molecule has 4 aromatic rings. The summed E-state index contributed by atoms with van der Waals surface area (Å²) in [5.41, 5.74) is 5.98. The SMILES string of the molecule is CC1CC(Nc2ccc3[nH]nc(-c4cnco4)c3c2)c2ccc(C#N)cc21. The molecular weight excluding hydrogens is 338 g/mol. The van der Waals surface area contributed by atoms with Crippen LogP contribution in [0, 0.1) is 11.3 Å². The molecule has 6 heteroatoms. The van der Waals surface area contributed by atoms with Crippen LogP contribution in [0.4, 0.5) is 5.69 Å². The molecule has 0 fully saturated rings. The number of fused-ring (bicyclic) bond motifs is 2. The second-order valence-electron chi connectivity index (χ2n) is 6.99. The van der Waals surface area contributed by atoms with E-state index in [0.717, 1.165) is 34.3 Å². The van der Waals surface area contributed by atoms with Crippen molar-refractivity contribution < 1.29 is 4.42 Å². The normalized spacial score (nSPS) is 18.4. The topological polar surface area (TPSA) is 90.5 Å². The summed E-state index contributed by atoms with van der Waals surface area (Å²) in [6.07, 6.45) is 4.07. The van der Waals surface area contributed by atoms with Gasteiger partial charge in [0.25, 0.3) is 0 Å². The summed E-state index contributed by atoms with van der Waals surface area (Å²) in [6.45, 7) is 2.21. The zero-order valence-corrected chi connectivity index (χ0v) is 14.7. The van der Waals surface area contributed by atoms with Crippen LogP contribution >= 0.6 is 0 Å². The minimum atomic E-state index is 0.223. The van der Waals surface area contributed by atoms with E-state index in [4.69, 9.17) is 9.68 Å². The number of anilines is 1. The Hall–Kier alpha value is -3.59. The Bertz CT molecular complexity index is 1170. The van der Waals surface area contributed by atoms with E-state index in [0.29, 0.717) is 11.7 Å². The lowest BCUT2D eigenvalue weighted by Gasteiger charge is -2.16. The summed E-state index contributed by atoms with van der Waals surface area (Å²) in [7, 11) is 0. The van der Waals surface area contributed by atoms with Crippen LogP contribution in [-0.4, -0.2) is 15.2 Å². The molecule has 6 nitrogen and oxygen atoms in total. The molecule has 27 heavy (non-hydrogen) atoms. The monoisotopic (exact) mass is 355 g/mol. The molecule has 2 aromatic heterocycles. The molecule has 1 aliphatic rings. The van der Waals surface area contributed by atoms with Crippen LogP contribution in [0.25, 0.3) is 22.4 Å². The fourth-order valence-corrected chi connectivity index (χ4v) is 3.96. The predicted octanol–water partition coefficient (Wildman–Crippen LogP) is 4.75. The molecule has 0 amide bonds. The molecule has 2 atom stereocenters. The van der Waals surface area contributed by atoms with E-state index in [1.54, 1.807) is 6.20 Å². The third-order valence-electron chi connectivity index (χ3n) is 5.28. The van der Waals surface area contributed by atoms with Crippen molar-refractivity contribution in [3.05, 3.63) is 65.7 Å². The van der Waals surface area contributed by atoms with Gasteiger partial charge in [0.05, 0.1) is 29.4 Å². The Balaban J connectivity index is 1.50. The summed E-state index contributed by atoms with van der Waals surface area (Å²) in [4.78, 5) is 3.98. The largest absolute Gasteiger partial charge is 0.442 e. The molecule has 5 rings (SSSR count). The lowest BCUT2D eigenvalue weighted by atomic mass is 10.0. The number of nitriles is 1. The first-order valence-corrected chi connectivity index (χ1v) is 8.90. The highest BCUT2D eigenvalue weighted by molar-refractivity contribution is 5.93. The van der Waals surface area contributed by atoms with Crippen LogP contribution in [0.1, 0.15) is 42.0 Å². The number of hydrogen-bond acceptors (Lipinski definition) is 5. The number of aromatic amines is 1. The zero-order valence-electron chi connectivity index (χ0n) is 14.7. The first-order valence-electron chi connectivity index (χ1n) is 8.90. The zero-order chi connectivity index (χ0) is 18.4. The summed E-state index contributed by atoms with van der Waals surface area (Å²) in [6, 6.07) is 14.6. The van der Waals surface area contributed by atoms with Crippen molar-refractivity contribution in [3.63, 3.8) is 0 Å². The van der Waals surface area contributed by atoms with Crippen molar-refractivity contribution in [2.75, 3.05) is 5.32 Å². The van der Waals surface area contributed by atoms with Gasteiger partial charge in [0.15, 0.2) is 12.2 Å². The van der Waals surface area contributed by atoms with Crippen molar-refractivity contribution in [1.29, 1.82) is 5.26 Å². The molecule has 0 saturated carbocycles. The molecule has 2 unspecified atom stereocenters. The van der Waals surface area contributed by atoms with Gasteiger partial charge in [0.1, 0.15) is 5.69 Å². The van der Waals surface area contributed by atoms with Crippen LogP contribution in [0.15, 0.2) is 53.4 Å². The molecule has 2 aromatic carbocycles. The Morgan fingerprint density at radius 2 is 2.15 bits per heavy atom. The minimum Gasteiger partial charge on any atom is -0.442 e. The number of nitrogens with one attached hydrogen (secondary N) is 2. The Labute approximate surface area is 155 Å². The van der Waals surface area contributed by atoms with Gasteiger partial charge in [-0.25, -0.2) is 4.98 Å². The maximum atomic E-state index is 9.15. The van der Waals surface area contributed by atoms with Gasteiger partial charge in [-0.1, -0.05) is 13.0 Å². The highest BCUT2D eigenvalue weighted by Crippen LogP contribution is 2.42. The average Bonchev–Trinajstić information content (AvgIpc) is 3.41. The molecule has 0 saturated heterocycles. The first kappa shape index (κ1) is 15.6. The molecule has 0 spiro atoms. The lowest BCUT2D eigenvalue weighted by molar-refractivity contribution is 0.570. The van der Waals surface area contributed by atoms with E-state index in [1.807, 2.05) is 18.2 Å². The lowest BCUT2D eigenvalue weighted by Crippen LogP contribution is -2.07. The van der Waals surface area contributed by atoms with E-state index >= 15 is 0 Å². The Kier molecular flexibility index (Phi) is 3.47. The van der Waals surface area contributed by atoms with Crippen molar-refractivity contribution in [3.8, 4) is 17.5 Å². The standard InChI is InChI=1S/C21H17N5O/c1-12-6-19(15-4-2-13(9-22)7-16(12)15)24-14-3-5-18-17(8-14)21(26-25-18)20-10-23-11-27-20/h2-5,7-8,10-12,19,24H,6H2,1H3,(H,25,26). The summed E-state index contributed by atoms with van der Waals surface area (Å²) < 4.78 is 5.40. The minimum absolute atomic E-state index is 0.223. The summed E-state index contributed by atoms with van der Waals surface area (Å²) >= 11 is 0. The second kappa shape index (κ2) is 5.99. The fraction of sp³-hybridized carbons (Fsp3) is 0.190. The number of nitrogens with zero attached hydrogens (tertiary/aromatic N) is 3.